The van der Waals surface area contributed by atoms with Gasteiger partial charge in [0.15, 0.2) is 0 Å². The first-order valence-corrected chi connectivity index (χ1v) is 6.37. The van der Waals surface area contributed by atoms with Crippen molar-refractivity contribution < 1.29 is 4.79 Å². The third-order valence-electron chi connectivity index (χ3n) is 2.71. The van der Waals surface area contributed by atoms with Gasteiger partial charge in [0.2, 0.25) is 5.91 Å². The molecular formula is C12H23N5O. The van der Waals surface area contributed by atoms with Crippen molar-refractivity contribution >= 4 is 11.7 Å². The molecule has 0 aliphatic rings. The molecule has 102 valence electrons. The van der Waals surface area contributed by atoms with Gasteiger partial charge in [-0.1, -0.05) is 6.92 Å². The van der Waals surface area contributed by atoms with E-state index in [2.05, 4.69) is 22.2 Å². The standard InChI is InChI=1S/C12H23N5O/c1-3-6-16(10-12(18)14-2)7-4-8-17-9-5-11(13)15-17/h5,9H,3-4,6-8,10H2,1-2H3,(H2,13,15)(H,14,18). The normalized spacial score (nSPS) is 10.8. The third kappa shape index (κ3) is 5.18. The van der Waals surface area contributed by atoms with E-state index in [1.165, 1.54) is 0 Å². The SMILES string of the molecule is CCCN(CCCn1ccc(N)n1)CC(=O)NC. The minimum Gasteiger partial charge on any atom is -0.382 e. The van der Waals surface area contributed by atoms with Crippen molar-refractivity contribution in [3.05, 3.63) is 12.3 Å². The summed E-state index contributed by atoms with van der Waals surface area (Å²) >= 11 is 0. The summed E-state index contributed by atoms with van der Waals surface area (Å²) in [6.45, 7) is 5.23. The highest BCUT2D eigenvalue weighted by Crippen LogP contribution is 1.99. The van der Waals surface area contributed by atoms with Gasteiger partial charge in [-0.2, -0.15) is 5.10 Å². The number of nitrogen functional groups attached to an aromatic ring is 1. The molecule has 0 fully saturated rings. The number of amides is 1. The molecular weight excluding hydrogens is 230 g/mol. The summed E-state index contributed by atoms with van der Waals surface area (Å²) in [5.41, 5.74) is 5.55. The van der Waals surface area contributed by atoms with E-state index < -0.39 is 0 Å². The second-order valence-electron chi connectivity index (χ2n) is 4.31. The number of aromatic nitrogens is 2. The second-order valence-corrected chi connectivity index (χ2v) is 4.31. The number of nitrogens with one attached hydrogen (secondary N) is 1. The number of likely N-dealkylation sites (N-methyl/N-ethyl adjacent to an activating group) is 1. The average Bonchev–Trinajstić information content (AvgIpc) is 2.75. The van der Waals surface area contributed by atoms with Crippen LogP contribution in [0.4, 0.5) is 5.82 Å². The van der Waals surface area contributed by atoms with Crippen LogP contribution in [0.2, 0.25) is 0 Å². The molecule has 1 rings (SSSR count). The monoisotopic (exact) mass is 253 g/mol. The highest BCUT2D eigenvalue weighted by molar-refractivity contribution is 5.77. The summed E-state index contributed by atoms with van der Waals surface area (Å²) in [5, 5.41) is 6.78. The summed E-state index contributed by atoms with van der Waals surface area (Å²) < 4.78 is 1.83. The zero-order valence-electron chi connectivity index (χ0n) is 11.2. The van der Waals surface area contributed by atoms with Gasteiger partial charge < -0.3 is 11.1 Å². The maximum atomic E-state index is 11.3. The van der Waals surface area contributed by atoms with Crippen LogP contribution in [0, 0.1) is 0 Å². The lowest BCUT2D eigenvalue weighted by Crippen LogP contribution is -2.37. The van der Waals surface area contributed by atoms with Crippen LogP contribution in [0.15, 0.2) is 12.3 Å². The van der Waals surface area contributed by atoms with Crippen molar-refractivity contribution in [2.24, 2.45) is 0 Å². The lowest BCUT2D eigenvalue weighted by Gasteiger charge is -2.20. The molecule has 3 N–H and O–H groups in total. The van der Waals surface area contributed by atoms with Gasteiger partial charge in [-0.3, -0.25) is 14.4 Å². The largest absolute Gasteiger partial charge is 0.382 e. The van der Waals surface area contributed by atoms with Gasteiger partial charge in [0.05, 0.1) is 6.54 Å². The Kier molecular flexibility index (Phi) is 6.21. The predicted octanol–water partition coefficient (Wildman–Crippen LogP) is 0.313. The summed E-state index contributed by atoms with van der Waals surface area (Å²) in [6.07, 6.45) is 3.88. The van der Waals surface area contributed by atoms with Crippen LogP contribution in [-0.2, 0) is 11.3 Å². The third-order valence-corrected chi connectivity index (χ3v) is 2.71. The van der Waals surface area contributed by atoms with Crippen molar-refractivity contribution in [1.82, 2.24) is 20.0 Å². The molecule has 0 aliphatic heterocycles. The van der Waals surface area contributed by atoms with Crippen LogP contribution < -0.4 is 11.1 Å². The first-order valence-electron chi connectivity index (χ1n) is 6.37. The molecule has 0 aliphatic carbocycles. The Morgan fingerprint density at radius 1 is 1.56 bits per heavy atom. The van der Waals surface area contributed by atoms with E-state index >= 15 is 0 Å². The Hall–Kier alpha value is -1.56. The average molecular weight is 253 g/mol. The zero-order valence-corrected chi connectivity index (χ0v) is 11.2. The van der Waals surface area contributed by atoms with Crippen LogP contribution >= 0.6 is 0 Å². The minimum absolute atomic E-state index is 0.0618. The summed E-state index contributed by atoms with van der Waals surface area (Å²) in [7, 11) is 1.67. The smallest absolute Gasteiger partial charge is 0.233 e. The highest BCUT2D eigenvalue weighted by Gasteiger charge is 2.08. The first kappa shape index (κ1) is 14.5. The van der Waals surface area contributed by atoms with Crippen molar-refractivity contribution in [3.63, 3.8) is 0 Å². The van der Waals surface area contributed by atoms with Crippen LogP contribution in [-0.4, -0.2) is 47.3 Å². The Balaban J connectivity index is 2.30. The topological polar surface area (TPSA) is 76.2 Å². The number of anilines is 1. The Morgan fingerprint density at radius 3 is 2.89 bits per heavy atom. The van der Waals surface area contributed by atoms with Gasteiger partial charge in [-0.15, -0.1) is 0 Å². The van der Waals surface area contributed by atoms with E-state index in [0.29, 0.717) is 12.4 Å². The molecule has 1 heterocycles. The number of hydrogen-bond acceptors (Lipinski definition) is 4. The summed E-state index contributed by atoms with van der Waals surface area (Å²) in [4.78, 5) is 13.5. The number of hydrogen-bond donors (Lipinski definition) is 2. The van der Waals surface area contributed by atoms with Crippen molar-refractivity contribution in [3.8, 4) is 0 Å². The molecule has 1 aromatic heterocycles. The summed E-state index contributed by atoms with van der Waals surface area (Å²) in [5.74, 6) is 0.609. The molecule has 0 bridgehead atoms. The number of carbonyl (C=O) groups is 1. The minimum atomic E-state index is 0.0618. The van der Waals surface area contributed by atoms with E-state index in [-0.39, 0.29) is 5.91 Å². The fraction of sp³-hybridized carbons (Fsp3) is 0.667. The van der Waals surface area contributed by atoms with Crippen molar-refractivity contribution in [2.75, 3.05) is 32.4 Å². The van der Waals surface area contributed by atoms with E-state index in [4.69, 9.17) is 5.73 Å². The Bertz CT molecular complexity index is 363. The lowest BCUT2D eigenvalue weighted by molar-refractivity contribution is -0.121. The fourth-order valence-corrected chi connectivity index (χ4v) is 1.83. The second kappa shape index (κ2) is 7.71. The molecule has 0 spiro atoms. The van der Waals surface area contributed by atoms with Crippen LogP contribution in [0.5, 0.6) is 0 Å². The number of nitrogens with zero attached hydrogens (tertiary/aromatic N) is 3. The molecule has 1 amide bonds. The first-order chi connectivity index (χ1) is 8.65. The van der Waals surface area contributed by atoms with Gasteiger partial charge in [-0.05, 0) is 25.5 Å². The van der Waals surface area contributed by atoms with Gasteiger partial charge in [-0.25, -0.2) is 0 Å². The molecule has 18 heavy (non-hydrogen) atoms. The number of nitrogens with two attached hydrogens (primary N) is 1. The molecule has 0 radical (unpaired) electrons. The lowest BCUT2D eigenvalue weighted by atomic mass is 10.3. The molecule has 0 atom stereocenters. The maximum Gasteiger partial charge on any atom is 0.233 e. The van der Waals surface area contributed by atoms with Gasteiger partial charge in [0.25, 0.3) is 0 Å². The molecule has 0 unspecified atom stereocenters. The maximum absolute atomic E-state index is 11.3. The summed E-state index contributed by atoms with van der Waals surface area (Å²) in [6, 6.07) is 1.79. The molecule has 0 aromatic carbocycles. The van der Waals surface area contributed by atoms with Crippen molar-refractivity contribution in [1.29, 1.82) is 0 Å². The van der Waals surface area contributed by atoms with Crippen LogP contribution in [0.3, 0.4) is 0 Å². The molecule has 6 nitrogen and oxygen atoms in total. The van der Waals surface area contributed by atoms with Gasteiger partial charge in [0.1, 0.15) is 5.82 Å². The Morgan fingerprint density at radius 2 is 2.33 bits per heavy atom. The van der Waals surface area contributed by atoms with Crippen LogP contribution in [0.25, 0.3) is 0 Å². The Labute approximate surface area is 108 Å². The number of carbonyl (C=O) groups excluding carboxylic acids is 1. The molecule has 6 heteroatoms. The number of aryl methyl sites for hydroxylation is 1. The quantitative estimate of drug-likeness (QED) is 0.699. The van der Waals surface area contributed by atoms with Crippen molar-refractivity contribution in [2.45, 2.75) is 26.3 Å². The van der Waals surface area contributed by atoms with Crippen LogP contribution in [0.1, 0.15) is 19.8 Å². The molecule has 0 saturated carbocycles. The van der Waals surface area contributed by atoms with E-state index in [9.17, 15) is 4.79 Å². The van der Waals surface area contributed by atoms with Gasteiger partial charge >= 0.3 is 0 Å². The van der Waals surface area contributed by atoms with E-state index in [0.717, 1.165) is 32.5 Å². The highest BCUT2D eigenvalue weighted by atomic mass is 16.1. The fourth-order valence-electron chi connectivity index (χ4n) is 1.83. The zero-order chi connectivity index (χ0) is 13.4. The predicted molar refractivity (Wildman–Crippen MR) is 72.1 cm³/mol. The molecule has 1 aromatic rings. The number of rotatable bonds is 8. The van der Waals surface area contributed by atoms with Gasteiger partial charge in [0, 0.05) is 26.3 Å². The molecule has 0 saturated heterocycles. The van der Waals surface area contributed by atoms with E-state index in [1.54, 1.807) is 13.1 Å². The van der Waals surface area contributed by atoms with E-state index in [1.807, 2.05) is 10.9 Å².